The van der Waals surface area contributed by atoms with E-state index in [-0.39, 0.29) is 19.3 Å². The molecule has 0 fully saturated rings. The summed E-state index contributed by atoms with van der Waals surface area (Å²) >= 11 is 0. The van der Waals surface area contributed by atoms with Crippen LogP contribution in [0.4, 0.5) is 0 Å². The first-order chi connectivity index (χ1) is 17.8. The van der Waals surface area contributed by atoms with E-state index in [2.05, 4.69) is 19.1 Å². The number of carbonyl (C=O) groups is 3. The molecule has 0 amide bonds. The molecular formula is C30H56NO6+. The lowest BCUT2D eigenvalue weighted by Crippen LogP contribution is -2.51. The number of unbranched alkanes of at least 4 members (excludes halogenated alkanes) is 12. The molecule has 37 heavy (non-hydrogen) atoms. The topological polar surface area (TPSA) is 112 Å². The van der Waals surface area contributed by atoms with Crippen molar-refractivity contribution in [2.45, 2.75) is 135 Å². The maximum absolute atomic E-state index is 11.0. The van der Waals surface area contributed by atoms with Crippen molar-refractivity contribution in [1.82, 2.24) is 0 Å². The highest BCUT2D eigenvalue weighted by Crippen LogP contribution is 2.17. The molecule has 0 aromatic heterocycles. The zero-order valence-electron chi connectivity index (χ0n) is 23.6. The molecule has 0 saturated carbocycles. The number of carboxylic acid groups (broad SMARTS) is 3. The number of allylic oxidation sites excluding steroid dienone is 1. The van der Waals surface area contributed by atoms with Crippen LogP contribution in [0.3, 0.4) is 0 Å². The van der Waals surface area contributed by atoms with Crippen LogP contribution in [-0.2, 0) is 14.4 Å². The molecule has 0 aliphatic rings. The zero-order valence-corrected chi connectivity index (χ0v) is 23.6. The van der Waals surface area contributed by atoms with Gasteiger partial charge in [-0.15, -0.1) is 0 Å². The molecule has 0 saturated heterocycles. The Labute approximate surface area is 225 Å². The summed E-state index contributed by atoms with van der Waals surface area (Å²) in [6.45, 7) is 4.95. The lowest BCUT2D eigenvalue weighted by molar-refractivity contribution is -0.928. The average molecular weight is 527 g/mol. The molecule has 0 unspecified atom stereocenters. The van der Waals surface area contributed by atoms with E-state index >= 15 is 0 Å². The number of carboxylic acids is 3. The van der Waals surface area contributed by atoms with Crippen molar-refractivity contribution >= 4 is 17.9 Å². The number of rotatable bonds is 28. The fourth-order valence-electron chi connectivity index (χ4n) is 5.06. The van der Waals surface area contributed by atoms with E-state index in [0.29, 0.717) is 43.4 Å². The van der Waals surface area contributed by atoms with Crippen LogP contribution in [0.2, 0.25) is 0 Å². The summed E-state index contributed by atoms with van der Waals surface area (Å²) in [6, 6.07) is 0. The summed E-state index contributed by atoms with van der Waals surface area (Å²) in [5.41, 5.74) is 0. The molecule has 216 valence electrons. The van der Waals surface area contributed by atoms with Crippen molar-refractivity contribution in [3.05, 3.63) is 12.2 Å². The standard InChI is InChI=1S/C30H55NO6/c1-2-3-4-5-6-7-8-9-10-11-12-13-14-15-16-17-24-31(25-18-21-28(32)33,26-19-22-29(34)35)27-20-23-30(36)37/h15-16H,2-14,17-27H2,1H3,(H2-,32,33,34,35,36,37)/p+1/b16-15+. The summed E-state index contributed by atoms with van der Waals surface area (Å²) in [4.78, 5) is 33.1. The predicted octanol–water partition coefficient (Wildman–Crippen LogP) is 7.44. The van der Waals surface area contributed by atoms with E-state index in [0.717, 1.165) is 19.4 Å². The third kappa shape index (κ3) is 24.2. The molecule has 0 bridgehead atoms. The summed E-state index contributed by atoms with van der Waals surface area (Å²) in [5, 5.41) is 27.2. The molecule has 3 N–H and O–H groups in total. The number of hydrogen-bond donors (Lipinski definition) is 3. The Morgan fingerprint density at radius 3 is 1.22 bits per heavy atom. The van der Waals surface area contributed by atoms with E-state index in [1.165, 1.54) is 77.0 Å². The van der Waals surface area contributed by atoms with Crippen LogP contribution >= 0.6 is 0 Å². The van der Waals surface area contributed by atoms with Gasteiger partial charge in [-0.3, -0.25) is 14.4 Å². The highest BCUT2D eigenvalue weighted by Gasteiger charge is 2.27. The Morgan fingerprint density at radius 1 is 0.486 bits per heavy atom. The molecule has 7 heteroatoms. The molecular weight excluding hydrogens is 470 g/mol. The van der Waals surface area contributed by atoms with Crippen LogP contribution in [0, 0.1) is 0 Å². The van der Waals surface area contributed by atoms with Gasteiger partial charge in [-0.2, -0.15) is 0 Å². The molecule has 0 spiro atoms. The summed E-state index contributed by atoms with van der Waals surface area (Å²) in [5.74, 6) is -2.51. The van der Waals surface area contributed by atoms with Crippen molar-refractivity contribution < 1.29 is 34.2 Å². The van der Waals surface area contributed by atoms with Gasteiger partial charge < -0.3 is 19.8 Å². The van der Waals surface area contributed by atoms with Crippen molar-refractivity contribution in [2.24, 2.45) is 0 Å². The predicted molar refractivity (Wildman–Crippen MR) is 150 cm³/mol. The van der Waals surface area contributed by atoms with Gasteiger partial charge in [0, 0.05) is 25.7 Å². The van der Waals surface area contributed by atoms with E-state index in [4.69, 9.17) is 15.3 Å². The number of hydrogen-bond acceptors (Lipinski definition) is 3. The van der Waals surface area contributed by atoms with Crippen LogP contribution < -0.4 is 0 Å². The number of nitrogens with zero attached hydrogens (tertiary/aromatic N) is 1. The second-order valence-corrected chi connectivity index (χ2v) is 10.7. The summed E-state index contributed by atoms with van der Waals surface area (Å²) in [6.07, 6.45) is 24.2. The minimum atomic E-state index is -0.837. The third-order valence-electron chi connectivity index (χ3n) is 7.23. The average Bonchev–Trinajstić information content (AvgIpc) is 2.83. The molecule has 0 aromatic rings. The molecule has 0 rings (SSSR count). The Kier molecular flexibility index (Phi) is 23.2. The monoisotopic (exact) mass is 526 g/mol. The smallest absolute Gasteiger partial charge is 0.303 e. The Morgan fingerprint density at radius 2 is 0.838 bits per heavy atom. The fourth-order valence-corrected chi connectivity index (χ4v) is 5.06. The minimum absolute atomic E-state index is 0.0761. The van der Waals surface area contributed by atoms with Gasteiger partial charge in [-0.25, -0.2) is 0 Å². The van der Waals surface area contributed by atoms with Crippen molar-refractivity contribution in [3.8, 4) is 0 Å². The van der Waals surface area contributed by atoms with Gasteiger partial charge in [0.05, 0.1) is 45.4 Å². The quantitative estimate of drug-likeness (QED) is 0.0555. The zero-order chi connectivity index (χ0) is 27.6. The van der Waals surface area contributed by atoms with Gasteiger partial charge in [-0.05, 0) is 12.8 Å². The lowest BCUT2D eigenvalue weighted by atomic mass is 10.0. The summed E-state index contributed by atoms with van der Waals surface area (Å²) in [7, 11) is 0. The van der Waals surface area contributed by atoms with Crippen molar-refractivity contribution in [2.75, 3.05) is 26.2 Å². The molecule has 0 aromatic carbocycles. The van der Waals surface area contributed by atoms with Gasteiger partial charge >= 0.3 is 17.9 Å². The van der Waals surface area contributed by atoms with Crippen LogP contribution in [0.25, 0.3) is 0 Å². The summed E-state index contributed by atoms with van der Waals surface area (Å²) < 4.78 is 0.594. The van der Waals surface area contributed by atoms with E-state index < -0.39 is 17.9 Å². The maximum Gasteiger partial charge on any atom is 0.303 e. The van der Waals surface area contributed by atoms with Crippen LogP contribution in [0.15, 0.2) is 12.2 Å². The maximum atomic E-state index is 11.0. The molecule has 0 atom stereocenters. The second-order valence-electron chi connectivity index (χ2n) is 10.7. The van der Waals surface area contributed by atoms with Gasteiger partial charge in [0.15, 0.2) is 0 Å². The molecule has 0 radical (unpaired) electrons. The SMILES string of the molecule is CCCCCCCCCCCCCC/C=C/CC[N+](CCCC(=O)O)(CCCC(=O)O)CCCC(=O)O. The highest BCUT2D eigenvalue weighted by molar-refractivity contribution is 5.67. The van der Waals surface area contributed by atoms with Crippen LogP contribution in [-0.4, -0.2) is 63.9 Å². The normalized spacial score (nSPS) is 11.8. The lowest BCUT2D eigenvalue weighted by Gasteiger charge is -2.39. The van der Waals surface area contributed by atoms with Gasteiger partial charge in [0.1, 0.15) is 0 Å². The van der Waals surface area contributed by atoms with Crippen LogP contribution in [0.1, 0.15) is 135 Å². The van der Waals surface area contributed by atoms with Gasteiger partial charge in [0.25, 0.3) is 0 Å². The Hall–Kier alpha value is -1.89. The van der Waals surface area contributed by atoms with Gasteiger partial charge in [-0.1, -0.05) is 89.7 Å². The second kappa shape index (κ2) is 24.4. The number of quaternary nitrogens is 1. The van der Waals surface area contributed by atoms with Gasteiger partial charge in [0.2, 0.25) is 0 Å². The number of aliphatic carboxylic acids is 3. The first kappa shape index (κ1) is 35.1. The fraction of sp³-hybridized carbons (Fsp3) is 0.833. The van der Waals surface area contributed by atoms with E-state index in [9.17, 15) is 14.4 Å². The molecule has 0 heterocycles. The molecule has 7 nitrogen and oxygen atoms in total. The first-order valence-corrected chi connectivity index (χ1v) is 15.0. The van der Waals surface area contributed by atoms with E-state index in [1.807, 2.05) is 0 Å². The third-order valence-corrected chi connectivity index (χ3v) is 7.23. The van der Waals surface area contributed by atoms with E-state index in [1.54, 1.807) is 0 Å². The minimum Gasteiger partial charge on any atom is -0.481 e. The first-order valence-electron chi connectivity index (χ1n) is 15.0. The van der Waals surface area contributed by atoms with Crippen molar-refractivity contribution in [1.29, 1.82) is 0 Å². The largest absolute Gasteiger partial charge is 0.481 e. The van der Waals surface area contributed by atoms with Crippen LogP contribution in [0.5, 0.6) is 0 Å². The Bertz CT molecular complexity index is 569. The highest BCUT2D eigenvalue weighted by atomic mass is 16.4. The molecule has 0 aliphatic heterocycles. The Balaban J connectivity index is 4.35. The van der Waals surface area contributed by atoms with Crippen molar-refractivity contribution in [3.63, 3.8) is 0 Å². The molecule has 0 aliphatic carbocycles.